The lowest BCUT2D eigenvalue weighted by Gasteiger charge is -2.38. The molecule has 0 saturated carbocycles. The monoisotopic (exact) mass is 410 g/mol. The van der Waals surface area contributed by atoms with Gasteiger partial charge in [0.15, 0.2) is 0 Å². The smallest absolute Gasteiger partial charge is 0.238 e. The van der Waals surface area contributed by atoms with Crippen LogP contribution in [0.15, 0.2) is 47.4 Å². The minimum Gasteiger partial charge on any atom is -0.506 e. The number of nitrogens with two attached hydrogens (primary N) is 1. The number of sulfonamides is 1. The number of hydrogen-bond acceptors (Lipinski definition) is 4. The first-order valence-electron chi connectivity index (χ1n) is 8.03. The highest BCUT2D eigenvalue weighted by Gasteiger charge is 2.39. The van der Waals surface area contributed by atoms with Crippen molar-refractivity contribution in [1.82, 2.24) is 0 Å². The second-order valence-electron chi connectivity index (χ2n) is 6.60. The van der Waals surface area contributed by atoms with Crippen molar-refractivity contribution in [2.24, 2.45) is 11.1 Å². The van der Waals surface area contributed by atoms with E-state index < -0.39 is 10.0 Å². The number of fused-ring (bicyclic) bond motifs is 3. The number of anilines is 1. The van der Waals surface area contributed by atoms with Crippen LogP contribution in [-0.4, -0.2) is 13.5 Å². The van der Waals surface area contributed by atoms with E-state index in [1.54, 1.807) is 18.2 Å². The lowest BCUT2D eigenvalue weighted by Crippen LogP contribution is -2.29. The Balaban J connectivity index is 1.84. The predicted molar refractivity (Wildman–Crippen MR) is 102 cm³/mol. The minimum absolute atomic E-state index is 0.00354. The Labute approximate surface area is 161 Å². The lowest BCUT2D eigenvalue weighted by atomic mass is 9.77. The third-order valence-electron chi connectivity index (χ3n) is 5.06. The molecule has 4 N–H and O–H groups in total. The van der Waals surface area contributed by atoms with Crippen molar-refractivity contribution in [3.8, 4) is 5.75 Å². The van der Waals surface area contributed by atoms with Crippen molar-refractivity contribution in [1.29, 1.82) is 0 Å². The van der Waals surface area contributed by atoms with Crippen LogP contribution in [-0.2, 0) is 10.0 Å². The van der Waals surface area contributed by atoms with E-state index in [2.05, 4.69) is 17.5 Å². The summed E-state index contributed by atoms with van der Waals surface area (Å²) in [5.74, 6) is 0.109. The van der Waals surface area contributed by atoms with Crippen molar-refractivity contribution >= 4 is 38.9 Å². The first kappa shape index (κ1) is 17.7. The zero-order chi connectivity index (χ0) is 18.6. The largest absolute Gasteiger partial charge is 0.506 e. The molecule has 0 aromatic heterocycles. The molecule has 2 aromatic rings. The second kappa shape index (κ2) is 6.16. The summed E-state index contributed by atoms with van der Waals surface area (Å²) in [5, 5.41) is 19.8. The Hall–Kier alpha value is -1.73. The van der Waals surface area contributed by atoms with Crippen LogP contribution in [0.5, 0.6) is 5.75 Å². The number of hydrogen-bond donors (Lipinski definition) is 3. The van der Waals surface area contributed by atoms with Crippen LogP contribution < -0.4 is 10.5 Å². The fourth-order valence-electron chi connectivity index (χ4n) is 3.88. The van der Waals surface area contributed by atoms with Crippen molar-refractivity contribution in [2.45, 2.75) is 23.3 Å². The van der Waals surface area contributed by atoms with Crippen molar-refractivity contribution < 1.29 is 13.5 Å². The zero-order valence-electron chi connectivity index (χ0n) is 13.5. The highest BCUT2D eigenvalue weighted by molar-refractivity contribution is 7.89. The van der Waals surface area contributed by atoms with Gasteiger partial charge in [-0.15, -0.1) is 0 Å². The molecule has 0 fully saturated rings. The number of rotatable bonds is 2. The normalized spacial score (nSPS) is 24.0. The van der Waals surface area contributed by atoms with Crippen LogP contribution >= 0.6 is 23.2 Å². The molecule has 8 heteroatoms. The number of phenols is 1. The standard InChI is InChI=1S/C18H16Cl2N2O3S/c19-9-6-14(18(23)15(20)7-9)17-12-3-1-2-11(12)13-8-10(26(21,24)25)4-5-16(13)22-17/h1-2,4-8,11-12,17,22-23H,3H2,(H2,21,24,25). The van der Waals surface area contributed by atoms with Gasteiger partial charge in [-0.1, -0.05) is 35.4 Å². The molecule has 3 atom stereocenters. The Bertz CT molecular complexity index is 1040. The van der Waals surface area contributed by atoms with Crippen LogP contribution in [0.1, 0.15) is 29.5 Å². The Morgan fingerprint density at radius 1 is 1.15 bits per heavy atom. The Kier molecular flexibility index (Phi) is 4.19. The summed E-state index contributed by atoms with van der Waals surface area (Å²) in [7, 11) is -3.78. The minimum atomic E-state index is -3.78. The maximum Gasteiger partial charge on any atom is 0.238 e. The Morgan fingerprint density at radius 3 is 2.65 bits per heavy atom. The summed E-state index contributed by atoms with van der Waals surface area (Å²) in [4.78, 5) is 0.0872. The van der Waals surface area contributed by atoms with Gasteiger partial charge in [0.25, 0.3) is 0 Å². The molecule has 0 amide bonds. The molecule has 2 aromatic carbocycles. The first-order valence-corrected chi connectivity index (χ1v) is 10.3. The van der Waals surface area contributed by atoms with Gasteiger partial charge in [-0.3, -0.25) is 0 Å². The number of aromatic hydroxyl groups is 1. The van der Waals surface area contributed by atoms with Crippen LogP contribution in [0.2, 0.25) is 10.0 Å². The zero-order valence-corrected chi connectivity index (χ0v) is 15.8. The third-order valence-corrected chi connectivity index (χ3v) is 6.47. The third kappa shape index (κ3) is 2.87. The number of primary sulfonamides is 1. The SMILES string of the molecule is NS(=O)(=O)c1ccc2c(c1)C1C=CCC1C(c1cc(Cl)cc(Cl)c1O)N2. The molecule has 0 radical (unpaired) electrons. The van der Waals surface area contributed by atoms with Gasteiger partial charge in [0.2, 0.25) is 10.0 Å². The highest BCUT2D eigenvalue weighted by Crippen LogP contribution is 2.52. The number of allylic oxidation sites excluding steroid dienone is 2. The van der Waals surface area contributed by atoms with Crippen LogP contribution in [0, 0.1) is 5.92 Å². The van der Waals surface area contributed by atoms with E-state index in [1.165, 1.54) is 12.1 Å². The average molecular weight is 411 g/mol. The van der Waals surface area contributed by atoms with E-state index in [0.717, 1.165) is 17.7 Å². The predicted octanol–water partition coefficient (Wildman–Crippen LogP) is 4.17. The van der Waals surface area contributed by atoms with Gasteiger partial charge in [0.1, 0.15) is 5.75 Å². The number of phenolic OH excluding ortho intramolecular Hbond substituents is 1. The number of nitrogens with one attached hydrogen (secondary N) is 1. The topological polar surface area (TPSA) is 92.4 Å². The molecule has 136 valence electrons. The van der Waals surface area contributed by atoms with E-state index >= 15 is 0 Å². The summed E-state index contributed by atoms with van der Waals surface area (Å²) in [6, 6.07) is 7.79. The average Bonchev–Trinajstić information content (AvgIpc) is 3.06. The summed E-state index contributed by atoms with van der Waals surface area (Å²) in [6.07, 6.45) is 4.91. The van der Waals surface area contributed by atoms with E-state index in [1.807, 2.05) is 0 Å². The molecule has 1 aliphatic heterocycles. The summed E-state index contributed by atoms with van der Waals surface area (Å²) in [6.45, 7) is 0. The fraction of sp³-hybridized carbons (Fsp3) is 0.222. The van der Waals surface area contributed by atoms with Crippen LogP contribution in [0.3, 0.4) is 0 Å². The Morgan fingerprint density at radius 2 is 1.92 bits per heavy atom. The maximum atomic E-state index is 11.7. The van der Waals surface area contributed by atoms with Crippen LogP contribution in [0.4, 0.5) is 5.69 Å². The number of halogens is 2. The van der Waals surface area contributed by atoms with E-state index in [-0.39, 0.29) is 33.5 Å². The van der Waals surface area contributed by atoms with Gasteiger partial charge in [0, 0.05) is 22.2 Å². The molecule has 0 spiro atoms. The molecule has 5 nitrogen and oxygen atoms in total. The van der Waals surface area contributed by atoms with E-state index in [0.29, 0.717) is 10.6 Å². The van der Waals surface area contributed by atoms with Crippen molar-refractivity contribution in [3.63, 3.8) is 0 Å². The maximum absolute atomic E-state index is 11.7. The quantitative estimate of drug-likeness (QED) is 0.647. The van der Waals surface area contributed by atoms with Crippen LogP contribution in [0.25, 0.3) is 0 Å². The molecule has 1 aliphatic carbocycles. The first-order chi connectivity index (χ1) is 12.3. The van der Waals surface area contributed by atoms with Gasteiger partial charge in [0.05, 0.1) is 16.0 Å². The number of benzene rings is 2. The van der Waals surface area contributed by atoms with E-state index in [9.17, 15) is 13.5 Å². The van der Waals surface area contributed by atoms with E-state index in [4.69, 9.17) is 28.3 Å². The van der Waals surface area contributed by atoms with Gasteiger partial charge in [-0.05, 0) is 48.2 Å². The molecular weight excluding hydrogens is 395 g/mol. The molecule has 1 heterocycles. The second-order valence-corrected chi connectivity index (χ2v) is 9.00. The molecule has 3 unspecified atom stereocenters. The highest BCUT2D eigenvalue weighted by atomic mass is 35.5. The van der Waals surface area contributed by atoms with Gasteiger partial charge < -0.3 is 10.4 Å². The van der Waals surface area contributed by atoms with Crippen molar-refractivity contribution in [3.05, 3.63) is 63.7 Å². The molecule has 0 saturated heterocycles. The lowest BCUT2D eigenvalue weighted by molar-refractivity contribution is 0.402. The molecule has 4 rings (SSSR count). The van der Waals surface area contributed by atoms with Crippen molar-refractivity contribution in [2.75, 3.05) is 5.32 Å². The fourth-order valence-corrected chi connectivity index (χ4v) is 4.94. The molecule has 26 heavy (non-hydrogen) atoms. The summed E-state index contributed by atoms with van der Waals surface area (Å²) >= 11 is 12.2. The van der Waals surface area contributed by atoms with Gasteiger partial charge >= 0.3 is 0 Å². The summed E-state index contributed by atoms with van der Waals surface area (Å²) < 4.78 is 23.4. The molecule has 0 bridgehead atoms. The molecule has 2 aliphatic rings. The van der Waals surface area contributed by atoms with Gasteiger partial charge in [-0.2, -0.15) is 0 Å². The summed E-state index contributed by atoms with van der Waals surface area (Å²) in [5.41, 5.74) is 2.30. The van der Waals surface area contributed by atoms with Gasteiger partial charge in [-0.25, -0.2) is 13.6 Å². The molecular formula is C18H16Cl2N2O3S.